The molecule has 0 aliphatic heterocycles. The normalized spacial score (nSPS) is 14.8. The van der Waals surface area contributed by atoms with Gasteiger partial charge in [0.15, 0.2) is 11.6 Å². The lowest BCUT2D eigenvalue weighted by molar-refractivity contribution is 0.0974. The summed E-state index contributed by atoms with van der Waals surface area (Å²) >= 11 is 0. The second-order valence-corrected chi connectivity index (χ2v) is 4.65. The predicted octanol–water partition coefficient (Wildman–Crippen LogP) is 2.52. The van der Waals surface area contributed by atoms with Crippen molar-refractivity contribution < 1.29 is 14.7 Å². The molecule has 0 spiro atoms. The van der Waals surface area contributed by atoms with Crippen molar-refractivity contribution in [2.45, 2.75) is 13.0 Å². The van der Waals surface area contributed by atoms with Crippen LogP contribution in [0.15, 0.2) is 42.5 Å². The summed E-state index contributed by atoms with van der Waals surface area (Å²) < 4.78 is 0. The first-order valence-corrected chi connectivity index (χ1v) is 6.10. The Hall–Kier alpha value is -2.26. The van der Waals surface area contributed by atoms with Crippen LogP contribution in [0.3, 0.4) is 0 Å². The van der Waals surface area contributed by atoms with Crippen molar-refractivity contribution in [3.05, 3.63) is 70.3 Å². The number of ketones is 2. The molecule has 3 nitrogen and oxygen atoms in total. The number of hydrogen-bond acceptors (Lipinski definition) is 3. The van der Waals surface area contributed by atoms with Gasteiger partial charge in [-0.2, -0.15) is 0 Å². The summed E-state index contributed by atoms with van der Waals surface area (Å²) in [6.07, 6.45) is -0.781. The summed E-state index contributed by atoms with van der Waals surface area (Å²) in [5, 5.41) is 9.77. The molecule has 1 unspecified atom stereocenters. The molecule has 19 heavy (non-hydrogen) atoms. The minimum Gasteiger partial charge on any atom is -0.389 e. The molecule has 0 radical (unpaired) electrons. The minimum atomic E-state index is -0.781. The van der Waals surface area contributed by atoms with Crippen molar-refractivity contribution in [1.82, 2.24) is 0 Å². The Labute approximate surface area is 110 Å². The lowest BCUT2D eigenvalue weighted by Crippen LogP contribution is -2.23. The molecular formula is C16H12O3. The van der Waals surface area contributed by atoms with Crippen LogP contribution in [0.2, 0.25) is 0 Å². The Balaban J connectivity index is 2.33. The first-order chi connectivity index (χ1) is 9.11. The Bertz CT molecular complexity index is 699. The van der Waals surface area contributed by atoms with Crippen molar-refractivity contribution in [2.24, 2.45) is 0 Å². The first kappa shape index (κ1) is 11.8. The van der Waals surface area contributed by atoms with E-state index in [-0.39, 0.29) is 11.6 Å². The molecule has 0 fully saturated rings. The van der Waals surface area contributed by atoms with E-state index in [4.69, 9.17) is 0 Å². The summed E-state index contributed by atoms with van der Waals surface area (Å²) in [5.41, 5.74) is 2.06. The Kier molecular flexibility index (Phi) is 2.57. The van der Waals surface area contributed by atoms with Crippen LogP contribution < -0.4 is 0 Å². The number of aliphatic hydroxyl groups excluding tert-OH is 1. The van der Waals surface area contributed by atoms with Gasteiger partial charge in [-0.3, -0.25) is 9.59 Å². The predicted molar refractivity (Wildman–Crippen MR) is 70.4 cm³/mol. The van der Waals surface area contributed by atoms with Crippen molar-refractivity contribution >= 4 is 11.6 Å². The largest absolute Gasteiger partial charge is 0.389 e. The van der Waals surface area contributed by atoms with E-state index in [1.54, 1.807) is 49.4 Å². The van der Waals surface area contributed by atoms with Crippen LogP contribution in [0.5, 0.6) is 0 Å². The minimum absolute atomic E-state index is 0.160. The van der Waals surface area contributed by atoms with Crippen LogP contribution >= 0.6 is 0 Å². The van der Waals surface area contributed by atoms with E-state index in [0.29, 0.717) is 27.8 Å². The number of hydrogen-bond donors (Lipinski definition) is 1. The number of carbonyl (C=O) groups is 2. The summed E-state index contributed by atoms with van der Waals surface area (Å²) in [5.74, 6) is -0.352. The number of rotatable bonds is 1. The Morgan fingerprint density at radius 1 is 0.842 bits per heavy atom. The molecule has 1 N–H and O–H groups in total. The lowest BCUT2D eigenvalue weighted by Gasteiger charge is -2.21. The molecule has 1 aliphatic rings. The fourth-order valence-electron chi connectivity index (χ4n) is 2.52. The van der Waals surface area contributed by atoms with E-state index in [1.807, 2.05) is 0 Å². The van der Waals surface area contributed by atoms with Crippen molar-refractivity contribution in [1.29, 1.82) is 0 Å². The van der Waals surface area contributed by atoms with Gasteiger partial charge >= 0.3 is 0 Å². The van der Waals surface area contributed by atoms with Crippen LogP contribution in [0.25, 0.3) is 0 Å². The monoisotopic (exact) mass is 252 g/mol. The zero-order valence-corrected chi connectivity index (χ0v) is 10.4. The van der Waals surface area contributed by atoms with Gasteiger partial charge < -0.3 is 5.11 Å². The van der Waals surface area contributed by atoms with Gasteiger partial charge in [0.05, 0.1) is 6.10 Å². The van der Waals surface area contributed by atoms with Gasteiger partial charge in [-0.1, -0.05) is 42.5 Å². The molecule has 3 rings (SSSR count). The molecule has 0 bridgehead atoms. The second kappa shape index (κ2) is 4.14. The molecule has 0 aromatic heterocycles. The molecular weight excluding hydrogens is 240 g/mol. The molecule has 1 atom stereocenters. The summed E-state index contributed by atoms with van der Waals surface area (Å²) in [6, 6.07) is 11.8. The Morgan fingerprint density at radius 3 is 2.05 bits per heavy atom. The van der Waals surface area contributed by atoms with Crippen molar-refractivity contribution in [3.63, 3.8) is 0 Å². The molecule has 2 aromatic rings. The molecule has 1 aliphatic carbocycles. The third-order valence-corrected chi connectivity index (χ3v) is 3.43. The molecule has 0 saturated carbocycles. The van der Waals surface area contributed by atoms with E-state index in [2.05, 4.69) is 0 Å². The second-order valence-electron chi connectivity index (χ2n) is 4.65. The van der Waals surface area contributed by atoms with Crippen LogP contribution in [-0.4, -0.2) is 16.7 Å². The topological polar surface area (TPSA) is 54.4 Å². The lowest BCUT2D eigenvalue weighted by atomic mass is 9.81. The van der Waals surface area contributed by atoms with E-state index in [0.717, 1.165) is 0 Å². The van der Waals surface area contributed by atoms with Gasteiger partial charge in [0.2, 0.25) is 0 Å². The van der Waals surface area contributed by atoms with Gasteiger partial charge in [-0.05, 0) is 12.5 Å². The Morgan fingerprint density at radius 2 is 1.42 bits per heavy atom. The van der Waals surface area contributed by atoms with Crippen molar-refractivity contribution in [2.75, 3.05) is 0 Å². The maximum Gasteiger partial charge on any atom is 0.194 e. The number of carbonyl (C=O) groups excluding carboxylic acids is 2. The van der Waals surface area contributed by atoms with E-state index < -0.39 is 6.10 Å². The zero-order valence-electron chi connectivity index (χ0n) is 10.4. The zero-order chi connectivity index (χ0) is 13.6. The van der Waals surface area contributed by atoms with Crippen LogP contribution in [0, 0.1) is 0 Å². The highest BCUT2D eigenvalue weighted by Gasteiger charge is 2.31. The molecule has 0 heterocycles. The molecule has 2 aromatic carbocycles. The van der Waals surface area contributed by atoms with Gasteiger partial charge in [0.1, 0.15) is 0 Å². The first-order valence-electron chi connectivity index (χ1n) is 6.10. The van der Waals surface area contributed by atoms with Crippen LogP contribution in [0.4, 0.5) is 0 Å². The number of fused-ring (bicyclic) bond motifs is 2. The van der Waals surface area contributed by atoms with E-state index in [1.165, 1.54) is 0 Å². The fourth-order valence-corrected chi connectivity index (χ4v) is 2.52. The summed E-state index contributed by atoms with van der Waals surface area (Å²) in [6.45, 7) is 1.59. The van der Waals surface area contributed by atoms with Crippen molar-refractivity contribution in [3.8, 4) is 0 Å². The molecule has 0 amide bonds. The summed E-state index contributed by atoms with van der Waals surface area (Å²) in [4.78, 5) is 24.9. The highest BCUT2D eigenvalue weighted by molar-refractivity contribution is 6.28. The van der Waals surface area contributed by atoms with E-state index >= 15 is 0 Å². The maximum absolute atomic E-state index is 12.5. The average molecular weight is 252 g/mol. The maximum atomic E-state index is 12.5. The van der Waals surface area contributed by atoms with Crippen LogP contribution in [-0.2, 0) is 0 Å². The van der Waals surface area contributed by atoms with E-state index in [9.17, 15) is 14.7 Å². The third-order valence-electron chi connectivity index (χ3n) is 3.43. The van der Waals surface area contributed by atoms with Gasteiger partial charge in [0, 0.05) is 22.3 Å². The third kappa shape index (κ3) is 1.63. The molecule has 0 saturated heterocycles. The molecule has 94 valence electrons. The van der Waals surface area contributed by atoms with Crippen LogP contribution in [0.1, 0.15) is 50.4 Å². The van der Waals surface area contributed by atoms with Gasteiger partial charge in [0.25, 0.3) is 0 Å². The highest BCUT2D eigenvalue weighted by Crippen LogP contribution is 2.31. The number of aliphatic hydroxyl groups is 1. The van der Waals surface area contributed by atoms with Gasteiger partial charge in [-0.15, -0.1) is 0 Å². The average Bonchev–Trinajstić information content (AvgIpc) is 2.44. The summed E-state index contributed by atoms with van der Waals surface area (Å²) in [7, 11) is 0. The fraction of sp³-hybridized carbons (Fsp3) is 0.125. The van der Waals surface area contributed by atoms with Gasteiger partial charge in [-0.25, -0.2) is 0 Å². The smallest absolute Gasteiger partial charge is 0.194 e. The molecule has 3 heteroatoms. The quantitative estimate of drug-likeness (QED) is 0.724. The standard InChI is InChI=1S/C16H12O3/c1-9(17)10-7-4-8-13-14(10)16(19)12-6-3-2-5-11(12)15(13)18/h2-9,17H,1H3. The SMILES string of the molecule is CC(O)c1cccc2c1C(=O)c1ccccc1C2=O. The highest BCUT2D eigenvalue weighted by atomic mass is 16.3. The number of benzene rings is 2.